The van der Waals surface area contributed by atoms with Crippen molar-refractivity contribution in [3.63, 3.8) is 0 Å². The maximum absolute atomic E-state index is 14.0. The predicted octanol–water partition coefficient (Wildman–Crippen LogP) is 3.35. The van der Waals surface area contributed by atoms with Gasteiger partial charge in [0.15, 0.2) is 0 Å². The van der Waals surface area contributed by atoms with Gasteiger partial charge in [0.25, 0.3) is 0 Å². The van der Waals surface area contributed by atoms with Crippen LogP contribution in [-0.2, 0) is 0 Å². The van der Waals surface area contributed by atoms with Gasteiger partial charge in [-0.3, -0.25) is 4.90 Å². The van der Waals surface area contributed by atoms with Gasteiger partial charge in [-0.25, -0.2) is 4.39 Å². The van der Waals surface area contributed by atoms with Crippen LogP contribution in [0.2, 0.25) is 5.02 Å². The van der Waals surface area contributed by atoms with Gasteiger partial charge in [0.1, 0.15) is 5.82 Å². The molecule has 1 saturated carbocycles. The van der Waals surface area contributed by atoms with Gasteiger partial charge in [-0.15, -0.1) is 0 Å². The average molecular weight is 271 g/mol. The molecule has 0 aliphatic heterocycles. The summed E-state index contributed by atoms with van der Waals surface area (Å²) in [5, 5.41) is 0.431. The van der Waals surface area contributed by atoms with E-state index in [1.165, 1.54) is 18.9 Å². The molecule has 4 heteroatoms. The molecule has 1 unspecified atom stereocenters. The fraction of sp³-hybridized carbons (Fsp3) is 0.571. The predicted molar refractivity (Wildman–Crippen MR) is 73.2 cm³/mol. The van der Waals surface area contributed by atoms with Crippen LogP contribution in [0.5, 0.6) is 0 Å². The average Bonchev–Trinajstić information content (AvgIpc) is 3.15. The van der Waals surface area contributed by atoms with E-state index in [0.29, 0.717) is 23.2 Å². The number of benzene rings is 1. The van der Waals surface area contributed by atoms with Gasteiger partial charge < -0.3 is 5.73 Å². The number of hydrogen-bond donors (Lipinski definition) is 1. The minimum atomic E-state index is -0.250. The minimum absolute atomic E-state index is 0.0327. The first-order valence-electron chi connectivity index (χ1n) is 6.58. The van der Waals surface area contributed by atoms with Crippen LogP contribution < -0.4 is 5.73 Å². The van der Waals surface area contributed by atoms with Gasteiger partial charge in [0, 0.05) is 23.2 Å². The van der Waals surface area contributed by atoms with Crippen LogP contribution >= 0.6 is 11.6 Å². The molecule has 1 atom stereocenters. The van der Waals surface area contributed by atoms with Crippen molar-refractivity contribution in [1.82, 2.24) is 4.90 Å². The molecule has 1 fully saturated rings. The van der Waals surface area contributed by atoms with Gasteiger partial charge in [-0.2, -0.15) is 0 Å². The summed E-state index contributed by atoms with van der Waals surface area (Å²) in [6.45, 7) is 3.55. The summed E-state index contributed by atoms with van der Waals surface area (Å²) < 4.78 is 14.0. The lowest BCUT2D eigenvalue weighted by Crippen LogP contribution is -2.36. The second-order valence-corrected chi connectivity index (χ2v) is 5.32. The Morgan fingerprint density at radius 2 is 2.22 bits per heavy atom. The second kappa shape index (κ2) is 6.00. The summed E-state index contributed by atoms with van der Waals surface area (Å²) in [6, 6.07) is 5.42. The fourth-order valence-corrected chi connectivity index (χ4v) is 2.63. The topological polar surface area (TPSA) is 29.3 Å². The van der Waals surface area contributed by atoms with Crippen molar-refractivity contribution in [3.8, 4) is 0 Å². The molecule has 0 heterocycles. The van der Waals surface area contributed by atoms with Crippen molar-refractivity contribution in [2.45, 2.75) is 38.3 Å². The molecule has 0 amide bonds. The van der Waals surface area contributed by atoms with E-state index in [9.17, 15) is 4.39 Å². The molecule has 1 aromatic rings. The molecule has 0 spiro atoms. The fourth-order valence-electron chi connectivity index (χ4n) is 2.47. The van der Waals surface area contributed by atoms with E-state index in [0.717, 1.165) is 13.0 Å². The molecule has 1 aliphatic rings. The molecular weight excluding hydrogens is 251 g/mol. The highest BCUT2D eigenvalue weighted by molar-refractivity contribution is 6.30. The van der Waals surface area contributed by atoms with E-state index in [4.69, 9.17) is 17.3 Å². The Kier molecular flexibility index (Phi) is 4.60. The van der Waals surface area contributed by atoms with Crippen molar-refractivity contribution < 1.29 is 4.39 Å². The molecule has 0 bridgehead atoms. The number of halogens is 2. The number of hydrogen-bond acceptors (Lipinski definition) is 2. The molecule has 0 aromatic heterocycles. The lowest BCUT2D eigenvalue weighted by atomic mass is 10.0. The Hall–Kier alpha value is -0.640. The maximum Gasteiger partial charge on any atom is 0.129 e. The van der Waals surface area contributed by atoms with Gasteiger partial charge in [-0.05, 0) is 37.9 Å². The highest BCUT2D eigenvalue weighted by Crippen LogP contribution is 2.35. The lowest BCUT2D eigenvalue weighted by molar-refractivity contribution is 0.188. The van der Waals surface area contributed by atoms with Crippen LogP contribution in [0.15, 0.2) is 18.2 Å². The van der Waals surface area contributed by atoms with E-state index in [2.05, 4.69) is 11.8 Å². The summed E-state index contributed by atoms with van der Waals surface area (Å²) in [7, 11) is 0. The van der Waals surface area contributed by atoms with E-state index >= 15 is 0 Å². The van der Waals surface area contributed by atoms with E-state index in [1.807, 2.05) is 0 Å². The third-order valence-corrected chi connectivity index (χ3v) is 3.68. The van der Waals surface area contributed by atoms with Crippen molar-refractivity contribution in [2.24, 2.45) is 5.73 Å². The standard InChI is InChI=1S/C14H20ClFN2/c1-2-7-18(11-4-5-11)14(9-17)12-6-3-10(15)8-13(12)16/h3,6,8,11,14H,2,4-5,7,9,17H2,1H3. The summed E-state index contributed by atoms with van der Waals surface area (Å²) in [6.07, 6.45) is 3.46. The first-order chi connectivity index (χ1) is 8.67. The first kappa shape index (κ1) is 13.8. The maximum atomic E-state index is 14.0. The zero-order valence-corrected chi connectivity index (χ0v) is 11.5. The van der Waals surface area contributed by atoms with E-state index < -0.39 is 0 Å². The zero-order chi connectivity index (χ0) is 13.1. The molecule has 2 nitrogen and oxygen atoms in total. The van der Waals surface area contributed by atoms with Crippen LogP contribution in [0.25, 0.3) is 0 Å². The molecule has 18 heavy (non-hydrogen) atoms. The summed E-state index contributed by atoms with van der Waals surface area (Å²) in [4.78, 5) is 2.34. The lowest BCUT2D eigenvalue weighted by Gasteiger charge is -2.31. The van der Waals surface area contributed by atoms with Gasteiger partial charge in [-0.1, -0.05) is 24.6 Å². The Labute approximate surface area is 113 Å². The molecule has 0 saturated heterocycles. The number of nitrogens with two attached hydrogens (primary N) is 1. The van der Waals surface area contributed by atoms with Crippen molar-refractivity contribution in [1.29, 1.82) is 0 Å². The van der Waals surface area contributed by atoms with Gasteiger partial charge in [0.2, 0.25) is 0 Å². The Morgan fingerprint density at radius 1 is 1.50 bits per heavy atom. The first-order valence-corrected chi connectivity index (χ1v) is 6.96. The van der Waals surface area contributed by atoms with Crippen molar-refractivity contribution in [3.05, 3.63) is 34.6 Å². The summed E-state index contributed by atoms with van der Waals surface area (Å²) >= 11 is 5.80. The number of rotatable bonds is 6. The van der Waals surface area contributed by atoms with Gasteiger partial charge >= 0.3 is 0 Å². The van der Waals surface area contributed by atoms with Crippen molar-refractivity contribution in [2.75, 3.05) is 13.1 Å². The Balaban J connectivity index is 2.25. The van der Waals surface area contributed by atoms with Crippen LogP contribution in [0, 0.1) is 5.82 Å². The highest BCUT2D eigenvalue weighted by atomic mass is 35.5. The van der Waals surface area contributed by atoms with Crippen LogP contribution in [-0.4, -0.2) is 24.0 Å². The monoisotopic (exact) mass is 270 g/mol. The summed E-state index contributed by atoms with van der Waals surface area (Å²) in [5.74, 6) is -0.250. The normalized spacial score (nSPS) is 17.2. The molecule has 0 radical (unpaired) electrons. The van der Waals surface area contributed by atoms with Crippen LogP contribution in [0.1, 0.15) is 37.8 Å². The molecule has 2 rings (SSSR count). The second-order valence-electron chi connectivity index (χ2n) is 4.89. The molecular formula is C14H20ClFN2. The SMILES string of the molecule is CCCN(C1CC1)C(CN)c1ccc(Cl)cc1F. The third kappa shape index (κ3) is 3.02. The minimum Gasteiger partial charge on any atom is -0.329 e. The van der Waals surface area contributed by atoms with Crippen LogP contribution in [0.3, 0.4) is 0 Å². The quantitative estimate of drug-likeness (QED) is 0.859. The molecule has 1 aliphatic carbocycles. The molecule has 100 valence electrons. The Bertz CT molecular complexity index is 407. The van der Waals surface area contributed by atoms with E-state index in [-0.39, 0.29) is 11.9 Å². The number of nitrogens with zero attached hydrogens (tertiary/aromatic N) is 1. The molecule has 1 aromatic carbocycles. The van der Waals surface area contributed by atoms with Gasteiger partial charge in [0.05, 0.1) is 6.04 Å². The third-order valence-electron chi connectivity index (χ3n) is 3.44. The Morgan fingerprint density at radius 3 is 2.72 bits per heavy atom. The smallest absolute Gasteiger partial charge is 0.129 e. The largest absolute Gasteiger partial charge is 0.329 e. The summed E-state index contributed by atoms with van der Waals surface area (Å²) in [5.41, 5.74) is 6.54. The highest BCUT2D eigenvalue weighted by Gasteiger charge is 2.34. The molecule has 2 N–H and O–H groups in total. The van der Waals surface area contributed by atoms with E-state index in [1.54, 1.807) is 12.1 Å². The van der Waals surface area contributed by atoms with Crippen molar-refractivity contribution >= 4 is 11.6 Å². The van der Waals surface area contributed by atoms with Crippen LogP contribution in [0.4, 0.5) is 4.39 Å². The zero-order valence-electron chi connectivity index (χ0n) is 10.7.